The largest absolute Gasteiger partial charge is 0.456 e. The predicted octanol–water partition coefficient (Wildman–Crippen LogP) is 16.8. The van der Waals surface area contributed by atoms with E-state index in [4.69, 9.17) is 4.42 Å². The van der Waals surface area contributed by atoms with Gasteiger partial charge in [-0.15, -0.1) is 22.7 Å². The second-order valence-corrected chi connectivity index (χ2v) is 17.0. The SMILES string of the molecule is c1ccc(-c2ccc3c(c2)oc2cc(-c4ccccc4)cc(N(c4ccc5c(c4)sc4ccccc45)c4ccc(-c5ccccc5)c5sc6ccccc6c45)c23)cc1. The molecule has 3 aromatic heterocycles. The van der Waals surface area contributed by atoms with Crippen molar-refractivity contribution in [1.29, 1.82) is 0 Å². The number of rotatable bonds is 6. The molecule has 12 rings (SSSR count). The number of furan rings is 1. The maximum absolute atomic E-state index is 6.95. The second-order valence-electron chi connectivity index (χ2n) is 14.8. The lowest BCUT2D eigenvalue weighted by molar-refractivity contribution is 0.669. The van der Waals surface area contributed by atoms with Gasteiger partial charge in [0, 0.05) is 51.4 Å². The van der Waals surface area contributed by atoms with Gasteiger partial charge in [0.1, 0.15) is 11.2 Å². The van der Waals surface area contributed by atoms with Crippen molar-refractivity contribution in [3.63, 3.8) is 0 Å². The smallest absolute Gasteiger partial charge is 0.138 e. The van der Waals surface area contributed by atoms with Gasteiger partial charge in [0.05, 0.1) is 16.8 Å². The van der Waals surface area contributed by atoms with Gasteiger partial charge in [-0.2, -0.15) is 0 Å². The van der Waals surface area contributed by atoms with Crippen molar-refractivity contribution in [1.82, 2.24) is 0 Å². The van der Waals surface area contributed by atoms with Crippen LogP contribution in [-0.4, -0.2) is 0 Å². The minimum Gasteiger partial charge on any atom is -0.456 e. The molecule has 0 fully saturated rings. The first-order chi connectivity index (χ1) is 28.7. The van der Waals surface area contributed by atoms with Crippen molar-refractivity contribution in [2.24, 2.45) is 0 Å². The van der Waals surface area contributed by atoms with Gasteiger partial charge in [0.2, 0.25) is 0 Å². The van der Waals surface area contributed by atoms with Gasteiger partial charge >= 0.3 is 0 Å². The molecule has 2 nitrogen and oxygen atoms in total. The topological polar surface area (TPSA) is 16.4 Å². The van der Waals surface area contributed by atoms with Crippen LogP contribution < -0.4 is 4.90 Å². The quantitative estimate of drug-likeness (QED) is 0.167. The minimum absolute atomic E-state index is 0.858. The van der Waals surface area contributed by atoms with E-state index in [1.807, 2.05) is 22.7 Å². The van der Waals surface area contributed by atoms with Crippen molar-refractivity contribution < 1.29 is 4.42 Å². The lowest BCUT2D eigenvalue weighted by atomic mass is 9.97. The molecule has 0 saturated heterocycles. The van der Waals surface area contributed by atoms with Gasteiger partial charge in [-0.25, -0.2) is 0 Å². The van der Waals surface area contributed by atoms with E-state index >= 15 is 0 Å². The van der Waals surface area contributed by atoms with Crippen molar-refractivity contribution in [2.75, 3.05) is 4.90 Å². The third-order valence-corrected chi connectivity index (χ3v) is 13.8. The average molecular weight is 776 g/mol. The summed E-state index contributed by atoms with van der Waals surface area (Å²) in [4.78, 5) is 2.51. The molecule has 0 aliphatic heterocycles. The molecule has 9 aromatic carbocycles. The lowest BCUT2D eigenvalue weighted by Gasteiger charge is -2.28. The number of hydrogen-bond donors (Lipinski definition) is 0. The fourth-order valence-corrected chi connectivity index (χ4v) is 11.2. The summed E-state index contributed by atoms with van der Waals surface area (Å²) >= 11 is 3.73. The first-order valence-corrected chi connectivity index (χ1v) is 21.2. The van der Waals surface area contributed by atoms with Crippen molar-refractivity contribution in [2.45, 2.75) is 0 Å². The molecule has 0 saturated carbocycles. The zero-order chi connectivity index (χ0) is 38.2. The average Bonchev–Trinajstić information content (AvgIpc) is 3.98. The Labute approximate surface area is 343 Å². The summed E-state index contributed by atoms with van der Waals surface area (Å²) in [7, 11) is 0. The van der Waals surface area contributed by atoms with Crippen LogP contribution in [0.3, 0.4) is 0 Å². The summed E-state index contributed by atoms with van der Waals surface area (Å²) < 4.78 is 12.0. The van der Waals surface area contributed by atoms with Crippen molar-refractivity contribution >= 4 is 102 Å². The normalized spacial score (nSPS) is 11.8. The number of fused-ring (bicyclic) bond motifs is 9. The van der Waals surface area contributed by atoms with E-state index in [1.165, 1.54) is 57.0 Å². The van der Waals surface area contributed by atoms with E-state index in [-0.39, 0.29) is 0 Å². The Hall–Kier alpha value is -6.98. The zero-order valence-corrected chi connectivity index (χ0v) is 32.9. The van der Waals surface area contributed by atoms with Crippen LogP contribution in [0, 0.1) is 0 Å². The molecule has 0 radical (unpaired) electrons. The molecule has 4 heteroatoms. The number of anilines is 3. The molecule has 0 unspecified atom stereocenters. The number of thiophene rings is 2. The summed E-state index contributed by atoms with van der Waals surface area (Å²) in [6.45, 7) is 0. The first kappa shape index (κ1) is 33.2. The van der Waals surface area contributed by atoms with E-state index in [2.05, 4.69) is 205 Å². The molecule has 0 N–H and O–H groups in total. The minimum atomic E-state index is 0.858. The van der Waals surface area contributed by atoms with Crippen LogP contribution in [0.5, 0.6) is 0 Å². The van der Waals surface area contributed by atoms with Gasteiger partial charge in [0.15, 0.2) is 0 Å². The van der Waals surface area contributed by atoms with Crippen molar-refractivity contribution in [3.05, 3.63) is 200 Å². The van der Waals surface area contributed by atoms with E-state index < -0.39 is 0 Å². The fraction of sp³-hybridized carbons (Fsp3) is 0. The Morgan fingerprint density at radius 3 is 1.71 bits per heavy atom. The molecule has 0 bridgehead atoms. The molecular formula is C54H33NOS2. The molecule has 0 amide bonds. The maximum Gasteiger partial charge on any atom is 0.138 e. The lowest BCUT2D eigenvalue weighted by Crippen LogP contribution is -2.11. The molecule has 58 heavy (non-hydrogen) atoms. The van der Waals surface area contributed by atoms with Crippen molar-refractivity contribution in [3.8, 4) is 33.4 Å². The summed E-state index contributed by atoms with van der Waals surface area (Å²) in [6, 6.07) is 72.6. The van der Waals surface area contributed by atoms with Crippen LogP contribution in [-0.2, 0) is 0 Å². The van der Waals surface area contributed by atoms with Crippen LogP contribution in [0.2, 0.25) is 0 Å². The van der Waals surface area contributed by atoms with Crippen LogP contribution >= 0.6 is 22.7 Å². The third-order valence-electron chi connectivity index (χ3n) is 11.5. The highest BCUT2D eigenvalue weighted by atomic mass is 32.1. The van der Waals surface area contributed by atoms with Crippen LogP contribution in [0.4, 0.5) is 17.1 Å². The third kappa shape index (κ3) is 5.30. The molecule has 0 spiro atoms. The Morgan fingerprint density at radius 1 is 0.345 bits per heavy atom. The number of nitrogens with zero attached hydrogens (tertiary/aromatic N) is 1. The second kappa shape index (κ2) is 13.3. The molecule has 0 atom stereocenters. The Morgan fingerprint density at radius 2 is 0.948 bits per heavy atom. The molecule has 12 aromatic rings. The van der Waals surface area contributed by atoms with Gasteiger partial charge in [-0.3, -0.25) is 0 Å². The number of benzene rings is 9. The molecule has 3 heterocycles. The first-order valence-electron chi connectivity index (χ1n) is 19.6. The van der Waals surface area contributed by atoms with E-state index in [1.54, 1.807) is 0 Å². The highest BCUT2D eigenvalue weighted by Gasteiger charge is 2.26. The summed E-state index contributed by atoms with van der Waals surface area (Å²) in [6.07, 6.45) is 0. The Bertz CT molecular complexity index is 3510. The Kier molecular flexibility index (Phi) is 7.62. The van der Waals surface area contributed by atoms with Crippen LogP contribution in [0.1, 0.15) is 0 Å². The summed E-state index contributed by atoms with van der Waals surface area (Å²) in [5.74, 6) is 0. The molecule has 0 aliphatic rings. The highest BCUT2D eigenvalue weighted by molar-refractivity contribution is 7.26. The van der Waals surface area contributed by atoms with Gasteiger partial charge in [-0.05, 0) is 88.0 Å². The van der Waals surface area contributed by atoms with E-state index in [9.17, 15) is 0 Å². The summed E-state index contributed by atoms with van der Waals surface area (Å²) in [5, 5.41) is 7.25. The molecular weight excluding hydrogens is 743 g/mol. The van der Waals surface area contributed by atoms with Crippen LogP contribution in [0.25, 0.3) is 95.7 Å². The van der Waals surface area contributed by atoms with Gasteiger partial charge in [-0.1, -0.05) is 146 Å². The Balaban J connectivity index is 1.21. The standard InChI is InChI=1S/C54H33NOS2/c1-4-14-34(15-5-1)37-24-26-43-47(31-37)56-48-32-38(35-16-6-2-7-17-35)30-46(52(43)48)55(39-25-27-42-41-20-10-12-22-49(41)57-51(42)33-39)45-29-28-40(36-18-8-3-9-19-36)54-53(45)44-21-11-13-23-50(44)58-54/h1-33H. The molecule has 272 valence electrons. The maximum atomic E-state index is 6.95. The van der Waals surface area contributed by atoms with E-state index in [0.29, 0.717) is 0 Å². The summed E-state index contributed by atoms with van der Waals surface area (Å²) in [5.41, 5.74) is 12.0. The van der Waals surface area contributed by atoms with Crippen LogP contribution in [0.15, 0.2) is 205 Å². The van der Waals surface area contributed by atoms with Gasteiger partial charge in [0.25, 0.3) is 0 Å². The van der Waals surface area contributed by atoms with Gasteiger partial charge < -0.3 is 9.32 Å². The molecule has 0 aliphatic carbocycles. The predicted molar refractivity (Wildman–Crippen MR) is 250 cm³/mol. The zero-order valence-electron chi connectivity index (χ0n) is 31.2. The highest BCUT2D eigenvalue weighted by Crippen LogP contribution is 2.52. The number of hydrogen-bond acceptors (Lipinski definition) is 4. The monoisotopic (exact) mass is 775 g/mol. The van der Waals surface area contributed by atoms with E-state index in [0.717, 1.165) is 55.7 Å². The fourth-order valence-electron chi connectivity index (χ4n) is 8.77.